The number of hydrogen-bond acceptors (Lipinski definition) is 7. The summed E-state index contributed by atoms with van der Waals surface area (Å²) in [7, 11) is 4.58. The first-order chi connectivity index (χ1) is 14.5. The van der Waals surface area contributed by atoms with Crippen molar-refractivity contribution in [2.45, 2.75) is 13.5 Å². The first kappa shape index (κ1) is 21.0. The Morgan fingerprint density at radius 3 is 2.37 bits per heavy atom. The SMILES string of the molecule is COCc1c(C(=O)Nc2cc(C(C)=O)ccc2OC)nnn1-c1ccc(OC)cc1. The number of carbonyl (C=O) groups is 2. The molecule has 0 saturated carbocycles. The summed E-state index contributed by atoms with van der Waals surface area (Å²) in [5.41, 5.74) is 2.08. The Morgan fingerprint density at radius 1 is 1.03 bits per heavy atom. The van der Waals surface area contributed by atoms with Crippen molar-refractivity contribution < 1.29 is 23.8 Å². The average Bonchev–Trinajstić information content (AvgIpc) is 3.17. The second-order valence-corrected chi connectivity index (χ2v) is 6.35. The average molecular weight is 410 g/mol. The van der Waals surface area contributed by atoms with Crippen molar-refractivity contribution in [3.8, 4) is 17.2 Å². The van der Waals surface area contributed by atoms with Crippen LogP contribution in [0.25, 0.3) is 5.69 Å². The summed E-state index contributed by atoms with van der Waals surface area (Å²) in [5.74, 6) is 0.492. The van der Waals surface area contributed by atoms with Gasteiger partial charge in [0.1, 0.15) is 17.2 Å². The van der Waals surface area contributed by atoms with Crippen molar-refractivity contribution in [2.75, 3.05) is 26.6 Å². The molecule has 0 fully saturated rings. The summed E-state index contributed by atoms with van der Waals surface area (Å²) in [4.78, 5) is 24.7. The molecule has 0 unspecified atom stereocenters. The maximum atomic E-state index is 13.0. The van der Waals surface area contributed by atoms with Gasteiger partial charge in [0.05, 0.1) is 32.2 Å². The molecule has 0 saturated heterocycles. The second-order valence-electron chi connectivity index (χ2n) is 6.35. The monoisotopic (exact) mass is 410 g/mol. The third-order valence-corrected chi connectivity index (χ3v) is 4.43. The van der Waals surface area contributed by atoms with Gasteiger partial charge in [0, 0.05) is 12.7 Å². The van der Waals surface area contributed by atoms with Crippen LogP contribution >= 0.6 is 0 Å². The Balaban J connectivity index is 1.95. The number of ether oxygens (including phenoxy) is 3. The van der Waals surface area contributed by atoms with Crippen molar-refractivity contribution in [1.82, 2.24) is 15.0 Å². The fourth-order valence-electron chi connectivity index (χ4n) is 2.88. The maximum absolute atomic E-state index is 13.0. The molecule has 3 rings (SSSR count). The summed E-state index contributed by atoms with van der Waals surface area (Å²) in [6.45, 7) is 1.57. The van der Waals surface area contributed by atoms with Crippen molar-refractivity contribution in [2.24, 2.45) is 0 Å². The van der Waals surface area contributed by atoms with E-state index in [4.69, 9.17) is 14.2 Å². The fraction of sp³-hybridized carbons (Fsp3) is 0.238. The Kier molecular flexibility index (Phi) is 6.43. The van der Waals surface area contributed by atoms with Gasteiger partial charge < -0.3 is 19.5 Å². The maximum Gasteiger partial charge on any atom is 0.278 e. The Hall–Kier alpha value is -3.72. The molecule has 1 N–H and O–H groups in total. The molecular formula is C21H22N4O5. The van der Waals surface area contributed by atoms with Gasteiger partial charge in [-0.15, -0.1) is 5.10 Å². The molecule has 1 aromatic heterocycles. The van der Waals surface area contributed by atoms with Crippen LogP contribution in [0.1, 0.15) is 33.5 Å². The number of nitrogens with zero attached hydrogens (tertiary/aromatic N) is 3. The van der Waals surface area contributed by atoms with E-state index in [1.165, 1.54) is 25.8 Å². The molecule has 2 aromatic carbocycles. The van der Waals surface area contributed by atoms with Gasteiger partial charge >= 0.3 is 0 Å². The quantitative estimate of drug-likeness (QED) is 0.569. The van der Waals surface area contributed by atoms with E-state index < -0.39 is 5.91 Å². The first-order valence-electron chi connectivity index (χ1n) is 9.06. The van der Waals surface area contributed by atoms with Gasteiger partial charge in [-0.2, -0.15) is 0 Å². The lowest BCUT2D eigenvalue weighted by Crippen LogP contribution is -2.17. The lowest BCUT2D eigenvalue weighted by molar-refractivity contribution is 0.100. The number of hydrogen-bond donors (Lipinski definition) is 1. The topological polar surface area (TPSA) is 105 Å². The van der Waals surface area contributed by atoms with E-state index in [-0.39, 0.29) is 18.1 Å². The van der Waals surface area contributed by atoms with Crippen molar-refractivity contribution >= 4 is 17.4 Å². The highest BCUT2D eigenvalue weighted by molar-refractivity contribution is 6.05. The van der Waals surface area contributed by atoms with Crippen LogP contribution in [0, 0.1) is 0 Å². The zero-order valence-corrected chi connectivity index (χ0v) is 17.1. The number of aromatic nitrogens is 3. The zero-order valence-electron chi connectivity index (χ0n) is 17.1. The molecule has 1 amide bonds. The van der Waals surface area contributed by atoms with Crippen molar-refractivity contribution in [3.63, 3.8) is 0 Å². The molecule has 0 radical (unpaired) electrons. The van der Waals surface area contributed by atoms with Crippen LogP contribution in [0.15, 0.2) is 42.5 Å². The largest absolute Gasteiger partial charge is 0.497 e. The van der Waals surface area contributed by atoms with Crippen LogP contribution in [0.5, 0.6) is 11.5 Å². The summed E-state index contributed by atoms with van der Waals surface area (Å²) in [6.07, 6.45) is 0. The molecule has 9 nitrogen and oxygen atoms in total. The minimum atomic E-state index is -0.499. The minimum absolute atomic E-state index is 0.1000. The summed E-state index contributed by atoms with van der Waals surface area (Å²) in [6, 6.07) is 12.0. The molecule has 9 heteroatoms. The van der Waals surface area contributed by atoms with Crippen LogP contribution in [0.4, 0.5) is 5.69 Å². The lowest BCUT2D eigenvalue weighted by Gasteiger charge is -2.11. The van der Waals surface area contributed by atoms with Gasteiger partial charge in [-0.1, -0.05) is 5.21 Å². The molecule has 0 spiro atoms. The summed E-state index contributed by atoms with van der Waals surface area (Å²) >= 11 is 0. The molecule has 30 heavy (non-hydrogen) atoms. The van der Waals surface area contributed by atoms with E-state index in [2.05, 4.69) is 15.6 Å². The molecule has 0 aliphatic carbocycles. The highest BCUT2D eigenvalue weighted by Crippen LogP contribution is 2.27. The predicted molar refractivity (Wildman–Crippen MR) is 110 cm³/mol. The smallest absolute Gasteiger partial charge is 0.278 e. The highest BCUT2D eigenvalue weighted by Gasteiger charge is 2.22. The van der Waals surface area contributed by atoms with Crippen LogP contribution < -0.4 is 14.8 Å². The number of methoxy groups -OCH3 is 3. The standard InChI is InChI=1S/C21H22N4O5/c1-13(26)14-5-10-19(30-4)17(11-14)22-21(27)20-18(12-28-2)25(24-23-20)15-6-8-16(29-3)9-7-15/h5-11H,12H2,1-4H3,(H,22,27). The number of rotatable bonds is 8. The van der Waals surface area contributed by atoms with Crippen LogP contribution in [0.2, 0.25) is 0 Å². The fourth-order valence-corrected chi connectivity index (χ4v) is 2.88. The van der Waals surface area contributed by atoms with Gasteiger partial charge in [-0.3, -0.25) is 9.59 Å². The second kappa shape index (κ2) is 9.19. The third-order valence-electron chi connectivity index (χ3n) is 4.43. The van der Waals surface area contributed by atoms with Gasteiger partial charge in [0.2, 0.25) is 0 Å². The van der Waals surface area contributed by atoms with E-state index >= 15 is 0 Å². The first-order valence-corrected chi connectivity index (χ1v) is 9.06. The van der Waals surface area contributed by atoms with Gasteiger partial charge in [-0.25, -0.2) is 4.68 Å². The number of nitrogens with one attached hydrogen (secondary N) is 1. The molecule has 0 atom stereocenters. The Morgan fingerprint density at radius 2 is 1.77 bits per heavy atom. The molecule has 156 valence electrons. The number of Topliss-reactive ketones (excluding diaryl/α,β-unsaturated/α-hetero) is 1. The van der Waals surface area contributed by atoms with Crippen molar-refractivity contribution in [3.05, 3.63) is 59.4 Å². The number of ketones is 1. The predicted octanol–water partition coefficient (Wildman–Crippen LogP) is 2.89. The van der Waals surface area contributed by atoms with Crippen LogP contribution in [0.3, 0.4) is 0 Å². The molecule has 3 aromatic rings. The van der Waals surface area contributed by atoms with Gasteiger partial charge in [0.15, 0.2) is 11.5 Å². The minimum Gasteiger partial charge on any atom is -0.497 e. The van der Waals surface area contributed by atoms with Gasteiger partial charge in [0.25, 0.3) is 5.91 Å². The summed E-state index contributed by atoms with van der Waals surface area (Å²) in [5, 5.41) is 10.9. The normalized spacial score (nSPS) is 10.5. The summed E-state index contributed by atoms with van der Waals surface area (Å²) < 4.78 is 17.2. The number of anilines is 1. The molecular weight excluding hydrogens is 388 g/mol. The number of benzene rings is 2. The van der Waals surface area contributed by atoms with Crippen LogP contribution in [-0.2, 0) is 11.3 Å². The van der Waals surface area contributed by atoms with Gasteiger partial charge in [-0.05, 0) is 49.4 Å². The third kappa shape index (κ3) is 4.31. The lowest BCUT2D eigenvalue weighted by atomic mass is 10.1. The molecule has 0 bridgehead atoms. The van der Waals surface area contributed by atoms with E-state index in [1.54, 1.807) is 49.6 Å². The van der Waals surface area contributed by atoms with E-state index in [0.29, 0.717) is 34.1 Å². The Labute approximate surface area is 173 Å². The zero-order chi connectivity index (χ0) is 21.7. The van der Waals surface area contributed by atoms with E-state index in [0.717, 1.165) is 0 Å². The number of carbonyl (C=O) groups excluding carboxylic acids is 2. The molecule has 1 heterocycles. The highest BCUT2D eigenvalue weighted by atomic mass is 16.5. The van der Waals surface area contributed by atoms with E-state index in [1.807, 2.05) is 0 Å². The number of amides is 1. The van der Waals surface area contributed by atoms with Crippen LogP contribution in [-0.4, -0.2) is 48.0 Å². The van der Waals surface area contributed by atoms with E-state index in [9.17, 15) is 9.59 Å². The molecule has 0 aliphatic rings. The Bertz CT molecular complexity index is 1060. The van der Waals surface area contributed by atoms with Crippen molar-refractivity contribution in [1.29, 1.82) is 0 Å². The molecule has 0 aliphatic heterocycles.